The fourth-order valence-corrected chi connectivity index (χ4v) is 2.19. The fourth-order valence-electron chi connectivity index (χ4n) is 2.19. The second-order valence-corrected chi connectivity index (χ2v) is 3.81. The highest BCUT2D eigenvalue weighted by atomic mass is 16.8. The van der Waals surface area contributed by atoms with Gasteiger partial charge in [-0.25, -0.2) is 9.59 Å². The zero-order chi connectivity index (χ0) is 11.4. The summed E-state index contributed by atoms with van der Waals surface area (Å²) in [6, 6.07) is 0. The van der Waals surface area contributed by atoms with Crippen LogP contribution in [0.3, 0.4) is 0 Å². The fraction of sp³-hybridized carbons (Fsp3) is 0.750. The summed E-state index contributed by atoms with van der Waals surface area (Å²) in [5.41, 5.74) is 0. The molecule has 0 aromatic rings. The first-order valence-electron chi connectivity index (χ1n) is 4.68. The summed E-state index contributed by atoms with van der Waals surface area (Å²) in [5.74, 6) is 0. The Labute approximate surface area is 88.6 Å². The number of aliphatic hydroxyl groups is 2. The zero-order valence-electron chi connectivity index (χ0n) is 7.81. The summed E-state index contributed by atoms with van der Waals surface area (Å²) >= 11 is 0. The number of carbonyl (C=O) groups excluding carboxylic acids is 2. The van der Waals surface area contributed by atoms with Crippen molar-refractivity contribution in [1.29, 1.82) is 0 Å². The maximum absolute atomic E-state index is 10.9. The van der Waals surface area contributed by atoms with Crippen LogP contribution >= 0.6 is 0 Å². The zero-order valence-corrected chi connectivity index (χ0v) is 7.81. The molecule has 6 atom stereocenters. The smallest absolute Gasteiger partial charge is 0.424 e. The molecular formula is C8H8O8. The van der Waals surface area contributed by atoms with Crippen molar-refractivity contribution >= 4 is 12.3 Å². The summed E-state index contributed by atoms with van der Waals surface area (Å²) < 4.78 is 18.9. The van der Waals surface area contributed by atoms with Crippen molar-refractivity contribution in [3.63, 3.8) is 0 Å². The molecule has 3 aliphatic rings. The average Bonchev–Trinajstić information content (AvgIpc) is 2.78. The minimum atomic E-state index is -1.37. The molecule has 3 rings (SSSR count). The van der Waals surface area contributed by atoms with Gasteiger partial charge >= 0.3 is 12.3 Å². The first-order chi connectivity index (χ1) is 7.58. The quantitative estimate of drug-likeness (QED) is 0.487. The van der Waals surface area contributed by atoms with Gasteiger partial charge < -0.3 is 29.2 Å². The van der Waals surface area contributed by atoms with Crippen LogP contribution in [-0.4, -0.2) is 59.1 Å². The number of fused-ring (bicyclic) bond motifs is 3. The molecule has 6 unspecified atom stereocenters. The van der Waals surface area contributed by atoms with E-state index in [0.29, 0.717) is 0 Å². The molecule has 2 N–H and O–H groups in total. The van der Waals surface area contributed by atoms with Crippen LogP contribution in [0, 0.1) is 0 Å². The van der Waals surface area contributed by atoms with Gasteiger partial charge in [0.15, 0.2) is 24.4 Å². The van der Waals surface area contributed by atoms with E-state index in [1.807, 2.05) is 0 Å². The third-order valence-corrected chi connectivity index (χ3v) is 2.92. The van der Waals surface area contributed by atoms with Gasteiger partial charge in [-0.2, -0.15) is 0 Å². The van der Waals surface area contributed by atoms with Crippen molar-refractivity contribution < 1.29 is 38.7 Å². The van der Waals surface area contributed by atoms with Crippen LogP contribution in [0.1, 0.15) is 0 Å². The van der Waals surface area contributed by atoms with E-state index in [4.69, 9.17) is 9.47 Å². The van der Waals surface area contributed by atoms with Crippen molar-refractivity contribution in [2.45, 2.75) is 36.6 Å². The van der Waals surface area contributed by atoms with Gasteiger partial charge in [0.2, 0.25) is 0 Å². The summed E-state index contributed by atoms with van der Waals surface area (Å²) in [4.78, 5) is 21.8. The summed E-state index contributed by atoms with van der Waals surface area (Å²) in [7, 11) is 0. The number of hydrogen-bond acceptors (Lipinski definition) is 8. The van der Waals surface area contributed by atoms with Gasteiger partial charge in [0.25, 0.3) is 0 Å². The van der Waals surface area contributed by atoms with Crippen molar-refractivity contribution in [3.8, 4) is 0 Å². The van der Waals surface area contributed by atoms with Crippen LogP contribution in [0.4, 0.5) is 9.59 Å². The van der Waals surface area contributed by atoms with Crippen molar-refractivity contribution in [1.82, 2.24) is 0 Å². The molecule has 2 aliphatic heterocycles. The Hall–Kier alpha value is -1.54. The predicted octanol–water partition coefficient (Wildman–Crippen LogP) is -1.47. The Morgan fingerprint density at radius 3 is 1.38 bits per heavy atom. The predicted molar refractivity (Wildman–Crippen MR) is 42.3 cm³/mol. The second-order valence-electron chi connectivity index (χ2n) is 3.81. The second kappa shape index (κ2) is 2.98. The standard InChI is InChI=1S/C8H8O8/c9-1-2(10)4-6(16-8(12)14-4)5-3(1)13-7(11)15-5/h1-6,9-10H. The van der Waals surface area contributed by atoms with E-state index < -0.39 is 48.9 Å². The van der Waals surface area contributed by atoms with Crippen molar-refractivity contribution in [3.05, 3.63) is 0 Å². The molecule has 1 aliphatic carbocycles. The molecular weight excluding hydrogens is 224 g/mol. The Balaban J connectivity index is 1.93. The lowest BCUT2D eigenvalue weighted by atomic mass is 9.85. The van der Waals surface area contributed by atoms with E-state index >= 15 is 0 Å². The maximum Gasteiger partial charge on any atom is 0.509 e. The first kappa shape index (κ1) is 9.67. The minimum Gasteiger partial charge on any atom is -0.424 e. The third kappa shape index (κ3) is 1.11. The highest BCUT2D eigenvalue weighted by molar-refractivity contribution is 5.65. The molecule has 0 amide bonds. The number of aliphatic hydroxyl groups excluding tert-OH is 2. The third-order valence-electron chi connectivity index (χ3n) is 2.92. The van der Waals surface area contributed by atoms with E-state index in [2.05, 4.69) is 9.47 Å². The normalized spacial score (nSPS) is 49.6. The number of ether oxygens (including phenoxy) is 4. The van der Waals surface area contributed by atoms with E-state index in [1.54, 1.807) is 0 Å². The van der Waals surface area contributed by atoms with E-state index in [0.717, 1.165) is 0 Å². The first-order valence-corrected chi connectivity index (χ1v) is 4.68. The lowest BCUT2D eigenvalue weighted by Crippen LogP contribution is -2.61. The molecule has 1 saturated carbocycles. The maximum atomic E-state index is 10.9. The Kier molecular flexibility index (Phi) is 1.80. The highest BCUT2D eigenvalue weighted by Crippen LogP contribution is 2.36. The largest absolute Gasteiger partial charge is 0.509 e. The summed E-state index contributed by atoms with van der Waals surface area (Å²) in [6.07, 6.45) is -8.64. The molecule has 16 heavy (non-hydrogen) atoms. The monoisotopic (exact) mass is 232 g/mol. The number of hydrogen-bond donors (Lipinski definition) is 2. The highest BCUT2D eigenvalue weighted by Gasteiger charge is 2.62. The summed E-state index contributed by atoms with van der Waals surface area (Å²) in [6.45, 7) is 0. The average molecular weight is 232 g/mol. The van der Waals surface area contributed by atoms with Crippen LogP contribution in [-0.2, 0) is 18.9 Å². The lowest BCUT2D eigenvalue weighted by Gasteiger charge is -2.35. The SMILES string of the molecule is O=C1OC2C(O)C(O)C3OC(=O)OC3C2O1. The van der Waals surface area contributed by atoms with Gasteiger partial charge in [-0.05, 0) is 0 Å². The number of rotatable bonds is 0. The van der Waals surface area contributed by atoms with Crippen LogP contribution < -0.4 is 0 Å². The van der Waals surface area contributed by atoms with Gasteiger partial charge in [0, 0.05) is 0 Å². The molecule has 0 spiro atoms. The van der Waals surface area contributed by atoms with Gasteiger partial charge in [-0.3, -0.25) is 0 Å². The van der Waals surface area contributed by atoms with Crippen molar-refractivity contribution in [2.75, 3.05) is 0 Å². The number of carbonyl (C=O) groups is 2. The minimum absolute atomic E-state index is 0.942. The van der Waals surface area contributed by atoms with Crippen LogP contribution in [0.5, 0.6) is 0 Å². The molecule has 0 aromatic carbocycles. The van der Waals surface area contributed by atoms with E-state index in [1.165, 1.54) is 0 Å². The lowest BCUT2D eigenvalue weighted by molar-refractivity contribution is -0.155. The van der Waals surface area contributed by atoms with Gasteiger partial charge in [0.05, 0.1) is 0 Å². The molecule has 8 heteroatoms. The molecule has 0 aromatic heterocycles. The molecule has 2 heterocycles. The van der Waals surface area contributed by atoms with Crippen LogP contribution in [0.15, 0.2) is 0 Å². The topological polar surface area (TPSA) is 112 Å². The van der Waals surface area contributed by atoms with Crippen LogP contribution in [0.25, 0.3) is 0 Å². The van der Waals surface area contributed by atoms with Gasteiger partial charge in [-0.1, -0.05) is 0 Å². The molecule has 88 valence electrons. The Bertz CT molecular complexity index is 320. The Morgan fingerprint density at radius 1 is 0.688 bits per heavy atom. The summed E-state index contributed by atoms with van der Waals surface area (Å²) in [5, 5.41) is 19.3. The van der Waals surface area contributed by atoms with E-state index in [9.17, 15) is 19.8 Å². The molecule has 8 nitrogen and oxygen atoms in total. The molecule has 2 saturated heterocycles. The van der Waals surface area contributed by atoms with Crippen molar-refractivity contribution in [2.24, 2.45) is 0 Å². The van der Waals surface area contributed by atoms with Gasteiger partial charge in [-0.15, -0.1) is 0 Å². The molecule has 0 radical (unpaired) electrons. The van der Waals surface area contributed by atoms with Crippen LogP contribution in [0.2, 0.25) is 0 Å². The Morgan fingerprint density at radius 2 is 1.00 bits per heavy atom. The molecule has 3 fully saturated rings. The van der Waals surface area contributed by atoms with Gasteiger partial charge in [0.1, 0.15) is 12.2 Å². The molecule has 0 bridgehead atoms. The van der Waals surface area contributed by atoms with E-state index in [-0.39, 0.29) is 0 Å².